The van der Waals surface area contributed by atoms with Gasteiger partial charge in [0.1, 0.15) is 5.03 Å². The van der Waals surface area contributed by atoms with Gasteiger partial charge in [0.15, 0.2) is 0 Å². The van der Waals surface area contributed by atoms with Gasteiger partial charge in [0.25, 0.3) is 0 Å². The van der Waals surface area contributed by atoms with E-state index >= 15 is 0 Å². The lowest BCUT2D eigenvalue weighted by atomic mass is 10.3. The number of nitrogens with zero attached hydrogens (tertiary/aromatic N) is 1. The van der Waals surface area contributed by atoms with E-state index in [4.69, 9.17) is 6.42 Å². The second-order valence-electron chi connectivity index (χ2n) is 3.26. The van der Waals surface area contributed by atoms with Crippen LogP contribution in [0.2, 0.25) is 0 Å². The Morgan fingerprint density at radius 2 is 1.88 bits per heavy atom. The van der Waals surface area contributed by atoms with Crippen molar-refractivity contribution >= 4 is 11.8 Å². The van der Waals surface area contributed by atoms with E-state index in [9.17, 15) is 0 Å². The van der Waals surface area contributed by atoms with E-state index in [1.54, 1.807) is 11.8 Å². The van der Waals surface area contributed by atoms with Crippen molar-refractivity contribution in [2.45, 2.75) is 16.3 Å². The molecule has 0 fully saturated rings. The third kappa shape index (κ3) is 2.88. The summed E-state index contributed by atoms with van der Waals surface area (Å²) in [6.07, 6.45) is 5.85. The molecule has 0 bridgehead atoms. The van der Waals surface area contributed by atoms with Gasteiger partial charge < -0.3 is 0 Å². The summed E-state index contributed by atoms with van der Waals surface area (Å²) in [5.74, 6) is 2.60. The van der Waals surface area contributed by atoms with Crippen LogP contribution in [0.4, 0.5) is 0 Å². The SMILES string of the molecule is C#CCc1cccc(Sc2ccccc2)n1. The van der Waals surface area contributed by atoms with Gasteiger partial charge in [-0.2, -0.15) is 0 Å². The van der Waals surface area contributed by atoms with E-state index in [-0.39, 0.29) is 0 Å². The molecule has 0 unspecified atom stereocenters. The fourth-order valence-corrected chi connectivity index (χ4v) is 2.17. The first-order valence-electron chi connectivity index (χ1n) is 5.01. The van der Waals surface area contributed by atoms with Gasteiger partial charge in [-0.1, -0.05) is 36.0 Å². The number of aromatic nitrogens is 1. The van der Waals surface area contributed by atoms with Gasteiger partial charge in [0.2, 0.25) is 0 Å². The minimum Gasteiger partial charge on any atom is -0.245 e. The molecule has 0 saturated carbocycles. The maximum Gasteiger partial charge on any atom is 0.101 e. The van der Waals surface area contributed by atoms with Crippen LogP contribution in [0, 0.1) is 12.3 Å². The summed E-state index contributed by atoms with van der Waals surface area (Å²) < 4.78 is 0. The minimum atomic E-state index is 0.586. The third-order valence-electron chi connectivity index (χ3n) is 2.03. The van der Waals surface area contributed by atoms with Crippen LogP contribution in [0.1, 0.15) is 5.69 Å². The van der Waals surface area contributed by atoms with Gasteiger partial charge in [0.05, 0.1) is 12.1 Å². The molecule has 0 atom stereocenters. The standard InChI is InChI=1S/C14H11NS/c1-2-7-12-8-6-11-14(15-12)16-13-9-4-3-5-10-13/h1,3-6,8-11H,7H2. The Morgan fingerprint density at radius 1 is 1.06 bits per heavy atom. The summed E-state index contributed by atoms with van der Waals surface area (Å²) >= 11 is 1.65. The molecule has 2 rings (SSSR count). The predicted octanol–water partition coefficient (Wildman–Crippen LogP) is 3.41. The molecule has 0 spiro atoms. The molecule has 0 aliphatic rings. The fourth-order valence-electron chi connectivity index (χ4n) is 1.33. The lowest BCUT2D eigenvalue weighted by Crippen LogP contribution is -1.88. The molecule has 1 aromatic heterocycles. The Hall–Kier alpha value is -1.72. The topological polar surface area (TPSA) is 12.9 Å². The number of rotatable bonds is 3. The lowest BCUT2D eigenvalue weighted by Gasteiger charge is -2.02. The first-order valence-corrected chi connectivity index (χ1v) is 5.82. The molecule has 2 heteroatoms. The number of hydrogen-bond donors (Lipinski definition) is 0. The molecule has 78 valence electrons. The fraction of sp³-hybridized carbons (Fsp3) is 0.0714. The van der Waals surface area contributed by atoms with Crippen LogP contribution < -0.4 is 0 Å². The monoisotopic (exact) mass is 225 g/mol. The summed E-state index contributed by atoms with van der Waals surface area (Å²) in [7, 11) is 0. The molecule has 1 nitrogen and oxygen atoms in total. The van der Waals surface area contributed by atoms with Crippen LogP contribution in [-0.2, 0) is 6.42 Å². The van der Waals surface area contributed by atoms with Gasteiger partial charge in [-0.3, -0.25) is 0 Å². The Bertz CT molecular complexity index is 500. The Labute approximate surface area is 99.9 Å². The summed E-state index contributed by atoms with van der Waals surface area (Å²) in [6.45, 7) is 0. The lowest BCUT2D eigenvalue weighted by molar-refractivity contribution is 1.03. The maximum atomic E-state index is 5.27. The summed E-state index contributed by atoms with van der Waals surface area (Å²) in [4.78, 5) is 5.67. The molecule has 1 aromatic carbocycles. The highest BCUT2D eigenvalue weighted by Crippen LogP contribution is 2.25. The highest BCUT2D eigenvalue weighted by atomic mass is 32.2. The Kier molecular flexibility index (Phi) is 3.63. The molecule has 0 N–H and O–H groups in total. The second-order valence-corrected chi connectivity index (χ2v) is 4.36. The van der Waals surface area contributed by atoms with Crippen molar-refractivity contribution in [2.75, 3.05) is 0 Å². The average Bonchev–Trinajstić information content (AvgIpc) is 2.31. The number of benzene rings is 1. The zero-order chi connectivity index (χ0) is 11.2. The van der Waals surface area contributed by atoms with Crippen molar-refractivity contribution in [3.05, 3.63) is 54.2 Å². The van der Waals surface area contributed by atoms with Crippen molar-refractivity contribution in [3.63, 3.8) is 0 Å². The van der Waals surface area contributed by atoms with Crippen LogP contribution in [0.3, 0.4) is 0 Å². The molecule has 0 radical (unpaired) electrons. The van der Waals surface area contributed by atoms with Crippen LogP contribution in [0.25, 0.3) is 0 Å². The first-order chi connectivity index (χ1) is 7.88. The van der Waals surface area contributed by atoms with E-state index in [1.807, 2.05) is 36.4 Å². The number of terminal acetylenes is 1. The molecular weight excluding hydrogens is 214 g/mol. The molecule has 0 aliphatic heterocycles. The largest absolute Gasteiger partial charge is 0.245 e. The second kappa shape index (κ2) is 5.39. The van der Waals surface area contributed by atoms with Crippen LogP contribution >= 0.6 is 11.8 Å². The third-order valence-corrected chi connectivity index (χ3v) is 2.97. The maximum absolute atomic E-state index is 5.27. The van der Waals surface area contributed by atoms with Gasteiger partial charge >= 0.3 is 0 Å². The summed E-state index contributed by atoms with van der Waals surface area (Å²) in [6, 6.07) is 16.1. The molecule has 0 amide bonds. The normalized spacial score (nSPS) is 9.69. The minimum absolute atomic E-state index is 0.586. The Morgan fingerprint density at radius 3 is 2.62 bits per heavy atom. The van der Waals surface area contributed by atoms with Crippen LogP contribution in [0.15, 0.2) is 58.5 Å². The van der Waals surface area contributed by atoms with Gasteiger partial charge in [-0.25, -0.2) is 4.98 Å². The molecule has 2 aromatic rings. The van der Waals surface area contributed by atoms with E-state index in [2.05, 4.69) is 23.0 Å². The number of hydrogen-bond acceptors (Lipinski definition) is 2. The van der Waals surface area contributed by atoms with E-state index < -0.39 is 0 Å². The van der Waals surface area contributed by atoms with Crippen LogP contribution in [0.5, 0.6) is 0 Å². The van der Waals surface area contributed by atoms with Crippen molar-refractivity contribution < 1.29 is 0 Å². The number of pyridine rings is 1. The van der Waals surface area contributed by atoms with Crippen molar-refractivity contribution in [1.82, 2.24) is 4.98 Å². The molecule has 0 saturated heterocycles. The highest BCUT2D eigenvalue weighted by molar-refractivity contribution is 7.99. The van der Waals surface area contributed by atoms with E-state index in [1.165, 1.54) is 4.90 Å². The quantitative estimate of drug-likeness (QED) is 0.742. The van der Waals surface area contributed by atoms with Crippen LogP contribution in [-0.4, -0.2) is 4.98 Å². The molecule has 0 aliphatic carbocycles. The highest BCUT2D eigenvalue weighted by Gasteiger charge is 1.99. The smallest absolute Gasteiger partial charge is 0.101 e. The Balaban J connectivity index is 2.16. The zero-order valence-electron chi connectivity index (χ0n) is 8.76. The van der Waals surface area contributed by atoms with E-state index in [0.29, 0.717) is 6.42 Å². The van der Waals surface area contributed by atoms with Gasteiger partial charge in [-0.05, 0) is 24.3 Å². The van der Waals surface area contributed by atoms with Crippen molar-refractivity contribution in [1.29, 1.82) is 0 Å². The molecule has 16 heavy (non-hydrogen) atoms. The molecule has 1 heterocycles. The van der Waals surface area contributed by atoms with Gasteiger partial charge in [-0.15, -0.1) is 12.3 Å². The predicted molar refractivity (Wildman–Crippen MR) is 67.3 cm³/mol. The zero-order valence-corrected chi connectivity index (χ0v) is 9.58. The average molecular weight is 225 g/mol. The van der Waals surface area contributed by atoms with Crippen molar-refractivity contribution in [3.8, 4) is 12.3 Å². The summed E-state index contributed by atoms with van der Waals surface area (Å²) in [5.41, 5.74) is 0.948. The van der Waals surface area contributed by atoms with Gasteiger partial charge in [0, 0.05) is 4.90 Å². The van der Waals surface area contributed by atoms with E-state index in [0.717, 1.165) is 10.7 Å². The molecular formula is C14H11NS. The van der Waals surface area contributed by atoms with Crippen molar-refractivity contribution in [2.24, 2.45) is 0 Å². The first kappa shape index (κ1) is 10.8. The summed E-state index contributed by atoms with van der Waals surface area (Å²) in [5, 5.41) is 0.985.